The highest BCUT2D eigenvalue weighted by molar-refractivity contribution is 7.89. The van der Waals surface area contributed by atoms with E-state index >= 15 is 0 Å². The van der Waals surface area contributed by atoms with Crippen LogP contribution < -0.4 is 0 Å². The monoisotopic (exact) mass is 2250 g/mol. The Labute approximate surface area is 812 Å². The van der Waals surface area contributed by atoms with Crippen LogP contribution in [0.25, 0.3) is 64.6 Å². The van der Waals surface area contributed by atoms with Gasteiger partial charge in [-0.1, -0.05) is 168 Å². The summed E-state index contributed by atoms with van der Waals surface area (Å²) in [4.78, 5) is -3.73. The fourth-order valence-corrected chi connectivity index (χ4v) is 20.7. The predicted octanol–water partition coefficient (Wildman–Crippen LogP) is 11.1. The Hall–Kier alpha value is -11.6. The lowest BCUT2D eigenvalue weighted by Crippen LogP contribution is -2.04. The van der Waals surface area contributed by atoms with Gasteiger partial charge in [0, 0.05) is 43.1 Å². The van der Waals surface area contributed by atoms with E-state index in [1.54, 1.807) is 77.1 Å². The van der Waals surface area contributed by atoms with Gasteiger partial charge in [-0.2, -0.15) is 101 Å². The fraction of sp³-hybridized carbons (Fsp3) is 0.111. The summed E-state index contributed by atoms with van der Waals surface area (Å²) in [5.41, 5.74) is 6.68. The van der Waals surface area contributed by atoms with Crippen molar-refractivity contribution in [2.45, 2.75) is 121 Å². The molecule has 0 spiro atoms. The summed E-state index contributed by atoms with van der Waals surface area (Å²) in [7, 11) is -61.7. The van der Waals surface area contributed by atoms with Gasteiger partial charge in [-0.15, -0.1) is 37.9 Å². The first-order valence-electron chi connectivity index (χ1n) is 37.3. The van der Waals surface area contributed by atoms with E-state index in [0.717, 1.165) is 73.8 Å². The summed E-state index contributed by atoms with van der Waals surface area (Å²) in [6.45, 7) is 15.6. The zero-order valence-corrected chi connectivity index (χ0v) is 85.2. The van der Waals surface area contributed by atoms with Crippen LogP contribution in [0.15, 0.2) is 295 Å². The molecule has 45 nitrogen and oxygen atoms in total. The zero-order chi connectivity index (χ0) is 108. The molecule has 0 unspecified atom stereocenters. The summed E-state index contributed by atoms with van der Waals surface area (Å²) in [6.07, 6.45) is 0. The topological polar surface area (TPSA) is 806 Å². The molecule has 141 heavy (non-hydrogen) atoms. The predicted molar refractivity (Wildman–Crippen MR) is 506 cm³/mol. The molecule has 0 amide bonds. The third kappa shape index (κ3) is 38.0. The number of hydrogen-bond donors (Lipinski definition) is 12. The minimum Gasteiger partial charge on any atom is -0.282 e. The summed E-state index contributed by atoms with van der Waals surface area (Å²) in [5.74, 6) is 0. The first-order valence-corrected chi connectivity index (χ1v) is 57.5. The Balaban J connectivity index is 0.000000332. The van der Waals surface area contributed by atoms with Crippen LogP contribution >= 0.6 is 0 Å². The molecule has 14 aromatic rings. The smallest absolute Gasteiger partial charge is 0.282 e. The lowest BCUT2D eigenvalue weighted by Gasteiger charge is -2.09. The molecule has 0 heterocycles. The Morgan fingerprint density at radius 3 is 0.908 bits per heavy atom. The SMILES string of the molecule is Cc1cc(S(=O)(=O)O)c2cccc(S(=O)(=O)O)c2c1.Cc1ccc(S(=O)(=O)O)c2cccc(S(=O)(=O)O)c12.Cc1ccc(S(=O)(=O)O)cc1.Cc1ccc2c(S(=O)(=O)O)cc(C)cc2c1.Cc1ccc2c(S(=O)(=O)O)cccc2c1S(=O)(=O)O.Cc1ccc2cc(S(=O)(=O)O)cc(S(=O)(=O)O)c2c1.Cc1ccc2cc(S(=O)(=O)O)ccc2c1.Cc1cccc(S(=O)(=O)O)c1.O=S(=O)=O.O=S(=O)=O.O=S(=O)=O. The maximum atomic E-state index is 11.4. The van der Waals surface area contributed by atoms with Gasteiger partial charge in [-0.25, -0.2) is 0 Å². The largest absolute Gasteiger partial charge is 0.425 e. The second-order valence-electron chi connectivity index (χ2n) is 28.8. The second-order valence-corrected chi connectivity index (χ2v) is 46.8. The minimum atomic E-state index is -4.60. The standard InChI is InChI=1S/C12H12O3S.4C11H10O6S2.C11H10O3S.2C7H8O3S.3O3S/c1-8-3-4-11-10(5-8)6-9(2)7-12(11)16(13,14)15;1-7-2-3-8-5-9(18(12,13)14)6-11(10(8)4-7)19(15,16)17;1-7-5-9-8(11(6-7)19(15,16)17)3-2-4-10(9)18(12,13)14;1-7-5-6-8-9(11(7)19(15,16)17)3-2-4-10(8)18(12,13)14;1-7-5-6-9(18(12,13)14)8-3-2-4-10(11(7)8)19(15,16)17;1-8-2-3-10-7-11(15(12,13)14)5-4-9(10)6-8;1-6-2-4-7(5-3-6)11(8,9)10;1-6-3-2-4-7(5-6)11(8,9)10;3*1-4(2)3/h3-7H,1-2H3,(H,13,14,15);4*2-6H,1H3,(H,12,13,14)(H,15,16,17);2-7H,1H3,(H,12,13,14);2*2-5H,1H3,(H,8,9,10);;;. The lowest BCUT2D eigenvalue weighted by atomic mass is 10.1. The molecule has 0 saturated carbocycles. The van der Waals surface area contributed by atoms with Gasteiger partial charge < -0.3 is 0 Å². The second kappa shape index (κ2) is 48.5. The minimum absolute atomic E-state index is 0.0255. The molecule has 0 atom stereocenters. The van der Waals surface area contributed by atoms with E-state index in [-0.39, 0.29) is 73.1 Å². The van der Waals surface area contributed by atoms with E-state index < -0.39 is 188 Å². The van der Waals surface area contributed by atoms with Crippen molar-refractivity contribution in [3.63, 3.8) is 0 Å². The van der Waals surface area contributed by atoms with Crippen molar-refractivity contribution in [1.82, 2.24) is 0 Å². The molecule has 0 aliphatic carbocycles. The molecule has 0 bridgehead atoms. The van der Waals surface area contributed by atoms with E-state index in [0.29, 0.717) is 16.5 Å². The Morgan fingerprint density at radius 1 is 0.170 bits per heavy atom. The van der Waals surface area contributed by atoms with Gasteiger partial charge in [0.25, 0.3) is 121 Å². The van der Waals surface area contributed by atoms with Crippen LogP contribution in [0.5, 0.6) is 0 Å². The van der Waals surface area contributed by atoms with E-state index in [1.807, 2.05) is 57.2 Å². The van der Waals surface area contributed by atoms with Crippen LogP contribution in [-0.2, 0) is 153 Å². The maximum absolute atomic E-state index is 11.4. The zero-order valence-electron chi connectivity index (χ0n) is 73.0. The van der Waals surface area contributed by atoms with Crippen molar-refractivity contribution in [2.75, 3.05) is 0 Å². The van der Waals surface area contributed by atoms with E-state index in [9.17, 15) is 106 Å². The number of fused-ring (bicyclic) bond motifs is 6. The number of benzene rings is 14. The third-order valence-electron chi connectivity index (χ3n) is 18.0. The van der Waals surface area contributed by atoms with Gasteiger partial charge in [-0.05, 0) is 203 Å². The van der Waals surface area contributed by atoms with Gasteiger partial charge in [0.15, 0.2) is 0 Å². The highest BCUT2D eigenvalue weighted by atomic mass is 32.3. The molecule has 0 saturated heterocycles. The molecule has 12 N–H and O–H groups in total. The third-order valence-corrected chi connectivity index (χ3v) is 28.8. The first-order chi connectivity index (χ1) is 64.0. The van der Waals surface area contributed by atoms with Crippen LogP contribution in [0.4, 0.5) is 0 Å². The molecule has 0 fully saturated rings. The molecule has 0 radical (unpaired) electrons. The normalized spacial score (nSPS) is 11.8. The molecule has 60 heteroatoms. The molecule has 14 rings (SSSR count). The lowest BCUT2D eigenvalue weighted by molar-refractivity contribution is 0.478. The Bertz CT molecular complexity index is 8980. The first kappa shape index (κ1) is 122. The van der Waals surface area contributed by atoms with Crippen LogP contribution in [0.2, 0.25) is 0 Å². The van der Waals surface area contributed by atoms with Crippen LogP contribution in [0.1, 0.15) is 50.1 Å². The van der Waals surface area contributed by atoms with Crippen LogP contribution in [0, 0.1) is 62.3 Å². The molecule has 0 aromatic heterocycles. The summed E-state index contributed by atoms with van der Waals surface area (Å²) < 4.78 is 451. The fourth-order valence-electron chi connectivity index (χ4n) is 12.4. The average Bonchev–Trinajstić information content (AvgIpc) is 0.926. The highest BCUT2D eigenvalue weighted by Gasteiger charge is 2.27. The molecule has 0 aliphatic rings. The summed E-state index contributed by atoms with van der Waals surface area (Å²) in [6, 6.07) is 57.0. The van der Waals surface area contributed by atoms with Crippen molar-refractivity contribution >= 4 is 218 Å². The van der Waals surface area contributed by atoms with Crippen LogP contribution in [0.3, 0.4) is 0 Å². The van der Waals surface area contributed by atoms with E-state index in [1.165, 1.54) is 140 Å². The Kier molecular flexibility index (Phi) is 41.8. The van der Waals surface area contributed by atoms with Crippen molar-refractivity contribution in [1.29, 1.82) is 0 Å². The van der Waals surface area contributed by atoms with Gasteiger partial charge in [0.1, 0.15) is 39.2 Å². The quantitative estimate of drug-likeness (QED) is 0.0505. The molecule has 14 aromatic carbocycles. The van der Waals surface area contributed by atoms with E-state index in [2.05, 4.69) is 0 Å². The number of rotatable bonds is 12. The van der Waals surface area contributed by atoms with Gasteiger partial charge >= 0.3 is 31.8 Å². The van der Waals surface area contributed by atoms with Gasteiger partial charge in [0.2, 0.25) is 0 Å². The van der Waals surface area contributed by atoms with Gasteiger partial charge in [-0.3, -0.25) is 54.6 Å². The van der Waals surface area contributed by atoms with Crippen molar-refractivity contribution < 1.29 is 194 Å². The number of hydrogen-bond acceptors (Lipinski definition) is 33. The van der Waals surface area contributed by atoms with Crippen molar-refractivity contribution in [3.05, 3.63) is 287 Å². The number of aryl methyl sites for hydroxylation is 9. The van der Waals surface area contributed by atoms with E-state index in [4.69, 9.17) is 88.0 Å². The maximum Gasteiger partial charge on any atom is 0.425 e. The molecular weight excluding hydrogens is 2170 g/mol. The average molecular weight is 2250 g/mol. The summed E-state index contributed by atoms with van der Waals surface area (Å²) in [5, 5.41) is 3.87. The highest BCUT2D eigenvalue weighted by Crippen LogP contribution is 2.36. The van der Waals surface area contributed by atoms with Crippen LogP contribution in [-0.4, -0.2) is 194 Å². The molecule has 0 aliphatic heterocycles. The molecular formula is C81H78O45S15. The Morgan fingerprint density at radius 2 is 0.468 bits per heavy atom. The molecule has 762 valence electrons. The van der Waals surface area contributed by atoms with Crippen molar-refractivity contribution in [3.8, 4) is 0 Å². The van der Waals surface area contributed by atoms with Gasteiger partial charge in [0.05, 0.1) is 19.6 Å². The summed E-state index contributed by atoms with van der Waals surface area (Å²) >= 11 is 0. The van der Waals surface area contributed by atoms with Crippen molar-refractivity contribution in [2.24, 2.45) is 0 Å².